The molecule has 0 atom stereocenters. The fraction of sp³-hybridized carbons (Fsp3) is 0.417. The van der Waals surface area contributed by atoms with Gasteiger partial charge in [-0.2, -0.15) is 0 Å². The molecule has 0 saturated heterocycles. The lowest BCUT2D eigenvalue weighted by molar-refractivity contribution is -0.385. The third-order valence-corrected chi connectivity index (χ3v) is 3.93. The largest absolute Gasteiger partial charge is 0.274 e. The molecule has 116 valence electrons. The highest BCUT2D eigenvalue weighted by Gasteiger charge is 2.22. The number of nitrogens with zero attached hydrogens (tertiary/aromatic N) is 1. The summed E-state index contributed by atoms with van der Waals surface area (Å²) in [6.45, 7) is 3.75. The molecule has 0 aliphatic heterocycles. The second-order valence-electron chi connectivity index (χ2n) is 4.86. The van der Waals surface area contributed by atoms with Crippen LogP contribution in [0.25, 0.3) is 0 Å². The number of hydrogen-bond acceptors (Lipinski definition) is 5. The van der Waals surface area contributed by atoms with Gasteiger partial charge in [0.25, 0.3) is 15.7 Å². The summed E-state index contributed by atoms with van der Waals surface area (Å²) in [5.74, 6) is -1.59. The van der Waals surface area contributed by atoms with Crippen LogP contribution in [0.5, 0.6) is 0 Å². The van der Waals surface area contributed by atoms with E-state index in [1.165, 1.54) is 0 Å². The molecule has 0 fully saturated rings. The van der Waals surface area contributed by atoms with E-state index in [0.717, 1.165) is 0 Å². The number of nitro groups is 1. The van der Waals surface area contributed by atoms with Gasteiger partial charge in [0.1, 0.15) is 5.82 Å². The Hall–Kier alpha value is -2.03. The van der Waals surface area contributed by atoms with Crippen molar-refractivity contribution in [3.8, 4) is 0 Å². The quantitative estimate of drug-likeness (QED) is 0.637. The van der Waals surface area contributed by atoms with E-state index in [0.29, 0.717) is 24.6 Å². The summed E-state index contributed by atoms with van der Waals surface area (Å²) < 4.78 is 38.8. The van der Waals surface area contributed by atoms with E-state index in [-0.39, 0.29) is 12.3 Å². The number of sulfonamides is 1. The van der Waals surface area contributed by atoms with Crippen LogP contribution in [0.3, 0.4) is 0 Å². The molecule has 0 aliphatic rings. The minimum absolute atomic E-state index is 0.00565. The van der Waals surface area contributed by atoms with Gasteiger partial charge in [0.05, 0.1) is 15.9 Å². The molecule has 21 heavy (non-hydrogen) atoms. The number of carbonyl (C=O) groups excluding carboxylic acids is 1. The Morgan fingerprint density at radius 1 is 1.38 bits per heavy atom. The van der Waals surface area contributed by atoms with E-state index in [1.807, 2.05) is 13.8 Å². The Balaban J connectivity index is 2.98. The van der Waals surface area contributed by atoms with E-state index >= 15 is 0 Å². The molecule has 0 aromatic heterocycles. The second-order valence-corrected chi connectivity index (χ2v) is 6.55. The van der Waals surface area contributed by atoms with Crippen molar-refractivity contribution in [3.05, 3.63) is 34.1 Å². The molecule has 1 aromatic carbocycles. The SMILES string of the molecule is CC(C)CCC(=O)NS(=O)(=O)c1cc(F)cc([N+](=O)[O-])c1. The number of hydrogen-bond donors (Lipinski definition) is 1. The maximum atomic E-state index is 13.2. The summed E-state index contributed by atoms with van der Waals surface area (Å²) in [5.41, 5.74) is -0.704. The molecule has 1 aromatic rings. The summed E-state index contributed by atoms with van der Waals surface area (Å²) in [7, 11) is -4.33. The first-order valence-corrected chi connectivity index (χ1v) is 7.61. The van der Waals surface area contributed by atoms with E-state index in [2.05, 4.69) is 0 Å². The number of benzene rings is 1. The highest BCUT2D eigenvalue weighted by molar-refractivity contribution is 7.90. The molecular formula is C12H15FN2O5S. The topological polar surface area (TPSA) is 106 Å². The van der Waals surface area contributed by atoms with Crippen LogP contribution < -0.4 is 4.72 Å². The average Bonchev–Trinajstić information content (AvgIpc) is 2.35. The van der Waals surface area contributed by atoms with Crippen molar-refractivity contribution in [2.75, 3.05) is 0 Å². The maximum Gasteiger partial charge on any atom is 0.273 e. The molecule has 0 unspecified atom stereocenters. The lowest BCUT2D eigenvalue weighted by Crippen LogP contribution is -2.30. The molecule has 0 radical (unpaired) electrons. The van der Waals surface area contributed by atoms with Gasteiger partial charge in [-0.3, -0.25) is 14.9 Å². The van der Waals surface area contributed by atoms with Crippen molar-refractivity contribution in [2.45, 2.75) is 31.6 Å². The molecule has 7 nitrogen and oxygen atoms in total. The summed E-state index contributed by atoms with van der Waals surface area (Å²) in [5, 5.41) is 10.6. The van der Waals surface area contributed by atoms with Crippen LogP contribution in [0.2, 0.25) is 0 Å². The van der Waals surface area contributed by atoms with Gasteiger partial charge >= 0.3 is 0 Å². The zero-order chi connectivity index (χ0) is 16.2. The molecule has 9 heteroatoms. The third-order valence-electron chi connectivity index (χ3n) is 2.57. The molecular weight excluding hydrogens is 303 g/mol. The van der Waals surface area contributed by atoms with Crippen LogP contribution in [0.1, 0.15) is 26.7 Å². The van der Waals surface area contributed by atoms with Crippen molar-refractivity contribution in [2.24, 2.45) is 5.92 Å². The summed E-state index contributed by atoms with van der Waals surface area (Å²) in [6.07, 6.45) is 0.485. The standard InChI is InChI=1S/C12H15FN2O5S/c1-8(2)3-4-12(16)14-21(19,20)11-6-9(13)5-10(7-11)15(17)18/h5-8H,3-4H2,1-2H3,(H,14,16). The highest BCUT2D eigenvalue weighted by atomic mass is 32.2. The molecule has 0 spiro atoms. The van der Waals surface area contributed by atoms with Gasteiger partial charge in [-0.1, -0.05) is 13.8 Å². The van der Waals surface area contributed by atoms with E-state index < -0.39 is 37.3 Å². The van der Waals surface area contributed by atoms with Crippen molar-refractivity contribution >= 4 is 21.6 Å². The van der Waals surface area contributed by atoms with E-state index in [1.54, 1.807) is 4.72 Å². The number of carbonyl (C=O) groups is 1. The first kappa shape index (κ1) is 17.0. The first-order chi connectivity index (χ1) is 9.61. The van der Waals surface area contributed by atoms with Gasteiger partial charge in [0.2, 0.25) is 5.91 Å². The Kier molecular flexibility index (Phi) is 5.36. The predicted molar refractivity (Wildman–Crippen MR) is 72.5 cm³/mol. The van der Waals surface area contributed by atoms with Crippen LogP contribution >= 0.6 is 0 Å². The zero-order valence-corrected chi connectivity index (χ0v) is 12.3. The molecule has 0 saturated carbocycles. The monoisotopic (exact) mass is 318 g/mol. The van der Waals surface area contributed by atoms with Crippen molar-refractivity contribution in [1.29, 1.82) is 0 Å². The molecule has 0 aliphatic carbocycles. The lowest BCUT2D eigenvalue weighted by Gasteiger charge is -2.08. The third kappa shape index (κ3) is 5.10. The van der Waals surface area contributed by atoms with Crippen molar-refractivity contribution in [3.63, 3.8) is 0 Å². The van der Waals surface area contributed by atoms with Crippen molar-refractivity contribution < 1.29 is 22.5 Å². The van der Waals surface area contributed by atoms with Crippen LogP contribution in [-0.2, 0) is 14.8 Å². The zero-order valence-electron chi connectivity index (χ0n) is 11.5. The lowest BCUT2D eigenvalue weighted by atomic mass is 10.1. The summed E-state index contributed by atoms with van der Waals surface area (Å²) in [6, 6.07) is 1.91. The normalized spacial score (nSPS) is 11.4. The number of non-ortho nitro benzene ring substituents is 1. The minimum atomic E-state index is -4.33. The number of nitro benzene ring substituents is 1. The van der Waals surface area contributed by atoms with Gasteiger partial charge in [0.15, 0.2) is 0 Å². The summed E-state index contributed by atoms with van der Waals surface area (Å²) >= 11 is 0. The fourth-order valence-electron chi connectivity index (χ4n) is 1.49. The summed E-state index contributed by atoms with van der Waals surface area (Å²) in [4.78, 5) is 20.5. The van der Waals surface area contributed by atoms with E-state index in [4.69, 9.17) is 0 Å². The Morgan fingerprint density at radius 2 is 2.00 bits per heavy atom. The minimum Gasteiger partial charge on any atom is -0.274 e. The average molecular weight is 318 g/mol. The highest BCUT2D eigenvalue weighted by Crippen LogP contribution is 2.20. The number of amides is 1. The molecule has 0 heterocycles. The molecule has 1 rings (SSSR count). The smallest absolute Gasteiger partial charge is 0.273 e. The molecule has 0 bridgehead atoms. The maximum absolute atomic E-state index is 13.2. The Labute approximate surface area is 121 Å². The molecule has 1 N–H and O–H groups in total. The van der Waals surface area contributed by atoms with Gasteiger partial charge < -0.3 is 0 Å². The van der Waals surface area contributed by atoms with Gasteiger partial charge in [0, 0.05) is 12.5 Å². The van der Waals surface area contributed by atoms with Crippen molar-refractivity contribution in [1.82, 2.24) is 4.72 Å². The predicted octanol–water partition coefficient (Wildman–Crippen LogP) is 1.98. The number of nitrogens with one attached hydrogen (secondary N) is 1. The number of rotatable bonds is 6. The molecule has 1 amide bonds. The van der Waals surface area contributed by atoms with E-state index in [9.17, 15) is 27.7 Å². The number of halogens is 1. The Bertz CT molecular complexity index is 658. The van der Waals surface area contributed by atoms with Gasteiger partial charge in [-0.15, -0.1) is 0 Å². The van der Waals surface area contributed by atoms with Gasteiger partial charge in [-0.25, -0.2) is 17.5 Å². The first-order valence-electron chi connectivity index (χ1n) is 6.12. The van der Waals surface area contributed by atoms with Crippen LogP contribution in [0, 0.1) is 21.8 Å². The van der Waals surface area contributed by atoms with Crippen LogP contribution in [-0.4, -0.2) is 19.2 Å². The van der Waals surface area contributed by atoms with Crippen LogP contribution in [0.4, 0.5) is 10.1 Å². The van der Waals surface area contributed by atoms with Gasteiger partial charge in [-0.05, 0) is 18.4 Å². The Morgan fingerprint density at radius 3 is 2.52 bits per heavy atom. The second kappa shape index (κ2) is 6.61. The fourth-order valence-corrected chi connectivity index (χ4v) is 2.55. The van der Waals surface area contributed by atoms with Crippen LogP contribution in [0.15, 0.2) is 23.1 Å².